The van der Waals surface area contributed by atoms with Gasteiger partial charge in [-0.25, -0.2) is 0 Å². The number of hydrogen-bond donors (Lipinski definition) is 0. The molecule has 0 heterocycles. The topological polar surface area (TPSA) is 18.5 Å². The van der Waals surface area contributed by atoms with Crippen molar-refractivity contribution in [1.29, 1.82) is 0 Å². The van der Waals surface area contributed by atoms with E-state index in [0.717, 1.165) is 16.9 Å². The summed E-state index contributed by atoms with van der Waals surface area (Å²) in [5.74, 6) is 0.874. The van der Waals surface area contributed by atoms with Crippen LogP contribution >= 0.6 is 0 Å². The molecule has 1 atom stereocenters. The number of methoxy groups -OCH3 is 1. The standard InChI is InChI=1S/C20H26O2/c1-15-7-9-16(10-8-15)20(5,21-6)17-11-13-18(14-12-17)22-19(2,3)4/h7-14H,1-6H3. The Morgan fingerprint density at radius 1 is 0.727 bits per heavy atom. The van der Waals surface area contributed by atoms with E-state index in [1.165, 1.54) is 5.56 Å². The van der Waals surface area contributed by atoms with Gasteiger partial charge in [0.05, 0.1) is 0 Å². The van der Waals surface area contributed by atoms with Crippen molar-refractivity contribution in [3.05, 3.63) is 65.2 Å². The molecule has 118 valence electrons. The minimum Gasteiger partial charge on any atom is -0.488 e. The Balaban J connectivity index is 2.33. The van der Waals surface area contributed by atoms with Crippen molar-refractivity contribution >= 4 is 0 Å². The van der Waals surface area contributed by atoms with Crippen LogP contribution in [-0.4, -0.2) is 12.7 Å². The maximum Gasteiger partial charge on any atom is 0.120 e. The molecular formula is C20H26O2. The zero-order valence-electron chi connectivity index (χ0n) is 14.4. The molecule has 2 nitrogen and oxygen atoms in total. The number of hydrogen-bond acceptors (Lipinski definition) is 2. The van der Waals surface area contributed by atoms with E-state index in [4.69, 9.17) is 9.47 Å². The lowest BCUT2D eigenvalue weighted by Crippen LogP contribution is -2.26. The first kappa shape index (κ1) is 16.6. The number of aryl methyl sites for hydroxylation is 1. The molecule has 0 aliphatic heterocycles. The summed E-state index contributed by atoms with van der Waals surface area (Å²) in [6, 6.07) is 16.6. The molecule has 2 heteroatoms. The van der Waals surface area contributed by atoms with Gasteiger partial charge in [0.25, 0.3) is 0 Å². The molecule has 2 aromatic rings. The Hall–Kier alpha value is -1.80. The van der Waals surface area contributed by atoms with Crippen LogP contribution in [0.5, 0.6) is 5.75 Å². The highest BCUT2D eigenvalue weighted by Crippen LogP contribution is 2.34. The van der Waals surface area contributed by atoms with E-state index < -0.39 is 5.60 Å². The Kier molecular flexibility index (Phi) is 4.62. The van der Waals surface area contributed by atoms with E-state index in [0.29, 0.717) is 0 Å². The largest absolute Gasteiger partial charge is 0.488 e. The van der Waals surface area contributed by atoms with Crippen LogP contribution in [0.3, 0.4) is 0 Å². The van der Waals surface area contributed by atoms with Crippen LogP contribution < -0.4 is 4.74 Å². The van der Waals surface area contributed by atoms with Crippen LogP contribution in [-0.2, 0) is 10.3 Å². The summed E-state index contributed by atoms with van der Waals surface area (Å²) in [6.45, 7) is 10.3. The highest BCUT2D eigenvalue weighted by Gasteiger charge is 2.28. The highest BCUT2D eigenvalue weighted by atomic mass is 16.5. The predicted molar refractivity (Wildman–Crippen MR) is 91.5 cm³/mol. The average Bonchev–Trinajstić information content (AvgIpc) is 2.46. The van der Waals surface area contributed by atoms with E-state index >= 15 is 0 Å². The zero-order chi connectivity index (χ0) is 16.4. The minimum atomic E-state index is -0.464. The van der Waals surface area contributed by atoms with Crippen LogP contribution in [0.1, 0.15) is 44.4 Å². The fourth-order valence-corrected chi connectivity index (χ4v) is 2.47. The van der Waals surface area contributed by atoms with E-state index in [1.807, 2.05) is 32.9 Å². The van der Waals surface area contributed by atoms with Crippen molar-refractivity contribution in [3.63, 3.8) is 0 Å². The third-order valence-corrected chi connectivity index (χ3v) is 3.84. The Morgan fingerprint density at radius 2 is 1.18 bits per heavy atom. The van der Waals surface area contributed by atoms with Crippen LogP contribution in [0.15, 0.2) is 48.5 Å². The van der Waals surface area contributed by atoms with Crippen molar-refractivity contribution in [2.24, 2.45) is 0 Å². The lowest BCUT2D eigenvalue weighted by molar-refractivity contribution is 0.0390. The van der Waals surface area contributed by atoms with Gasteiger partial charge in [0.1, 0.15) is 17.0 Å². The second-order valence-electron chi connectivity index (χ2n) is 6.84. The normalized spacial score (nSPS) is 14.5. The molecule has 2 aromatic carbocycles. The Labute approximate surface area is 134 Å². The van der Waals surface area contributed by atoms with Gasteiger partial charge in [0.2, 0.25) is 0 Å². The number of rotatable bonds is 4. The third kappa shape index (κ3) is 3.69. The molecule has 0 fully saturated rings. The summed E-state index contributed by atoms with van der Waals surface area (Å²) >= 11 is 0. The van der Waals surface area contributed by atoms with Gasteiger partial charge in [0.15, 0.2) is 0 Å². The molecule has 0 saturated carbocycles. The van der Waals surface area contributed by atoms with Gasteiger partial charge in [-0.2, -0.15) is 0 Å². The van der Waals surface area contributed by atoms with Gasteiger partial charge in [-0.05, 0) is 57.9 Å². The molecule has 0 bridgehead atoms. The summed E-state index contributed by atoms with van der Waals surface area (Å²) in [5, 5.41) is 0. The van der Waals surface area contributed by atoms with Crippen molar-refractivity contribution in [3.8, 4) is 5.75 Å². The summed E-state index contributed by atoms with van der Waals surface area (Å²) < 4.78 is 11.7. The molecule has 1 unspecified atom stereocenters. The first-order valence-electron chi connectivity index (χ1n) is 7.66. The summed E-state index contributed by atoms with van der Waals surface area (Å²) in [5.41, 5.74) is 2.85. The molecule has 0 saturated heterocycles. The van der Waals surface area contributed by atoms with Crippen molar-refractivity contribution in [2.75, 3.05) is 7.11 Å². The summed E-state index contributed by atoms with van der Waals surface area (Å²) in [6.07, 6.45) is 0. The Bertz CT molecular complexity index is 606. The second-order valence-corrected chi connectivity index (χ2v) is 6.84. The van der Waals surface area contributed by atoms with Gasteiger partial charge in [-0.15, -0.1) is 0 Å². The molecular weight excluding hydrogens is 272 g/mol. The number of benzene rings is 2. The molecule has 0 radical (unpaired) electrons. The highest BCUT2D eigenvalue weighted by molar-refractivity contribution is 5.39. The maximum absolute atomic E-state index is 5.88. The zero-order valence-corrected chi connectivity index (χ0v) is 14.4. The van der Waals surface area contributed by atoms with Crippen LogP contribution in [0.25, 0.3) is 0 Å². The molecule has 0 aliphatic carbocycles. The van der Waals surface area contributed by atoms with Gasteiger partial charge in [-0.1, -0.05) is 42.0 Å². The smallest absolute Gasteiger partial charge is 0.120 e. The molecule has 0 aromatic heterocycles. The Morgan fingerprint density at radius 3 is 1.59 bits per heavy atom. The molecule has 0 spiro atoms. The molecule has 2 rings (SSSR count). The monoisotopic (exact) mass is 298 g/mol. The lowest BCUT2D eigenvalue weighted by atomic mass is 9.87. The van der Waals surface area contributed by atoms with Crippen molar-refractivity contribution in [1.82, 2.24) is 0 Å². The average molecular weight is 298 g/mol. The van der Waals surface area contributed by atoms with Gasteiger partial charge < -0.3 is 9.47 Å². The van der Waals surface area contributed by atoms with Gasteiger partial charge in [-0.3, -0.25) is 0 Å². The van der Waals surface area contributed by atoms with Gasteiger partial charge in [0, 0.05) is 7.11 Å². The lowest BCUT2D eigenvalue weighted by Gasteiger charge is -2.30. The van der Waals surface area contributed by atoms with Crippen molar-refractivity contribution < 1.29 is 9.47 Å². The van der Waals surface area contributed by atoms with Gasteiger partial charge >= 0.3 is 0 Å². The quantitative estimate of drug-likeness (QED) is 0.783. The first-order valence-corrected chi connectivity index (χ1v) is 7.66. The first-order chi connectivity index (χ1) is 10.2. The fraction of sp³-hybridized carbons (Fsp3) is 0.400. The minimum absolute atomic E-state index is 0.191. The summed E-state index contributed by atoms with van der Waals surface area (Å²) in [7, 11) is 1.75. The molecule has 0 amide bonds. The molecule has 0 N–H and O–H groups in total. The second kappa shape index (κ2) is 6.13. The SMILES string of the molecule is COC(C)(c1ccc(C)cc1)c1ccc(OC(C)(C)C)cc1. The number of ether oxygens (including phenoxy) is 2. The van der Waals surface area contributed by atoms with Crippen LogP contribution in [0, 0.1) is 6.92 Å². The fourth-order valence-electron chi connectivity index (χ4n) is 2.47. The van der Waals surface area contributed by atoms with Crippen molar-refractivity contribution in [2.45, 2.75) is 45.8 Å². The van der Waals surface area contributed by atoms with E-state index in [-0.39, 0.29) is 5.60 Å². The van der Waals surface area contributed by atoms with Crippen LogP contribution in [0.4, 0.5) is 0 Å². The maximum atomic E-state index is 5.88. The van der Waals surface area contributed by atoms with E-state index in [9.17, 15) is 0 Å². The van der Waals surface area contributed by atoms with E-state index in [2.05, 4.69) is 50.2 Å². The predicted octanol–water partition coefficient (Wildman–Crippen LogP) is 5.08. The molecule has 0 aliphatic rings. The third-order valence-electron chi connectivity index (χ3n) is 3.84. The summed E-state index contributed by atoms with van der Waals surface area (Å²) in [4.78, 5) is 0. The van der Waals surface area contributed by atoms with Crippen LogP contribution in [0.2, 0.25) is 0 Å². The molecule has 22 heavy (non-hydrogen) atoms. The van der Waals surface area contributed by atoms with E-state index in [1.54, 1.807) is 7.11 Å².